The molecule has 0 aliphatic carbocycles. The number of thioether (sulfide) groups is 1. The minimum Gasteiger partial charge on any atom is -0.396 e. The molecule has 0 bridgehead atoms. The number of rotatable bonds is 4. The molecule has 1 aromatic heterocycles. The fourth-order valence-electron chi connectivity index (χ4n) is 2.12. The third-order valence-electron chi connectivity index (χ3n) is 2.98. The maximum absolute atomic E-state index is 13.7. The molecule has 106 valence electrons. The van der Waals surface area contributed by atoms with E-state index in [0.717, 1.165) is 11.3 Å². The molecular formula is C14H17FN4S. The zero-order chi connectivity index (χ0) is 14.7. The Hall–Kier alpha value is -1.69. The highest BCUT2D eigenvalue weighted by Crippen LogP contribution is 2.30. The number of aryl methyl sites for hydroxylation is 2. The highest BCUT2D eigenvalue weighted by Gasteiger charge is 2.21. The molecule has 0 amide bonds. The summed E-state index contributed by atoms with van der Waals surface area (Å²) < 4.78 is 13.7. The molecule has 1 aromatic carbocycles. The van der Waals surface area contributed by atoms with E-state index in [1.54, 1.807) is 17.8 Å². The second-order valence-electron chi connectivity index (χ2n) is 4.54. The van der Waals surface area contributed by atoms with Crippen LogP contribution < -0.4 is 5.73 Å². The molecule has 0 radical (unpaired) electrons. The SMILES string of the molecule is CSCC(c1nc(C)nc(C)n1)c1cccc(F)c1N. The lowest BCUT2D eigenvalue weighted by Crippen LogP contribution is -2.14. The van der Waals surface area contributed by atoms with Crippen LogP contribution in [0.1, 0.15) is 29.0 Å². The normalized spacial score (nSPS) is 12.4. The molecule has 2 aromatic rings. The van der Waals surface area contributed by atoms with Gasteiger partial charge in [-0.2, -0.15) is 11.8 Å². The minimum atomic E-state index is -0.406. The van der Waals surface area contributed by atoms with E-state index < -0.39 is 5.82 Å². The predicted molar refractivity (Wildman–Crippen MR) is 80.3 cm³/mol. The maximum Gasteiger partial charge on any atom is 0.146 e. The van der Waals surface area contributed by atoms with Gasteiger partial charge in [0.1, 0.15) is 23.3 Å². The van der Waals surface area contributed by atoms with Crippen molar-refractivity contribution >= 4 is 17.4 Å². The van der Waals surface area contributed by atoms with Gasteiger partial charge in [0.15, 0.2) is 0 Å². The summed E-state index contributed by atoms with van der Waals surface area (Å²) in [7, 11) is 0. The van der Waals surface area contributed by atoms with Gasteiger partial charge in [-0.05, 0) is 31.7 Å². The zero-order valence-electron chi connectivity index (χ0n) is 11.7. The van der Waals surface area contributed by atoms with Crippen molar-refractivity contribution in [2.24, 2.45) is 0 Å². The summed E-state index contributed by atoms with van der Waals surface area (Å²) in [5, 5.41) is 0. The number of anilines is 1. The molecule has 0 aliphatic rings. The molecule has 1 heterocycles. The molecular weight excluding hydrogens is 275 g/mol. The molecule has 0 saturated heterocycles. The number of hydrogen-bond acceptors (Lipinski definition) is 5. The Morgan fingerprint density at radius 3 is 2.45 bits per heavy atom. The van der Waals surface area contributed by atoms with Gasteiger partial charge in [0.05, 0.1) is 11.6 Å². The number of nitrogens with two attached hydrogens (primary N) is 1. The van der Waals surface area contributed by atoms with Crippen molar-refractivity contribution < 1.29 is 4.39 Å². The van der Waals surface area contributed by atoms with E-state index in [-0.39, 0.29) is 11.6 Å². The number of nitrogen functional groups attached to an aromatic ring is 1. The van der Waals surface area contributed by atoms with Crippen LogP contribution in [-0.4, -0.2) is 27.0 Å². The predicted octanol–water partition coefficient (Wildman–Crippen LogP) is 2.70. The lowest BCUT2D eigenvalue weighted by atomic mass is 9.98. The number of para-hydroxylation sites is 1. The average Bonchev–Trinajstić information content (AvgIpc) is 2.38. The highest BCUT2D eigenvalue weighted by atomic mass is 32.2. The summed E-state index contributed by atoms with van der Waals surface area (Å²) in [5.74, 6) is 2.15. The fourth-order valence-corrected chi connectivity index (χ4v) is 2.79. The Kier molecular flexibility index (Phi) is 4.54. The molecule has 6 heteroatoms. The lowest BCUT2D eigenvalue weighted by molar-refractivity contribution is 0.628. The van der Waals surface area contributed by atoms with Crippen molar-refractivity contribution in [1.82, 2.24) is 15.0 Å². The van der Waals surface area contributed by atoms with Crippen LogP contribution in [0.4, 0.5) is 10.1 Å². The molecule has 2 N–H and O–H groups in total. The second-order valence-corrected chi connectivity index (χ2v) is 5.45. The first-order valence-corrected chi connectivity index (χ1v) is 7.64. The van der Waals surface area contributed by atoms with Crippen LogP contribution in [0.15, 0.2) is 18.2 Å². The molecule has 0 spiro atoms. The van der Waals surface area contributed by atoms with E-state index >= 15 is 0 Å². The van der Waals surface area contributed by atoms with Crippen LogP contribution >= 0.6 is 11.8 Å². The minimum absolute atomic E-state index is 0.138. The number of hydrogen-bond donors (Lipinski definition) is 1. The van der Waals surface area contributed by atoms with Crippen molar-refractivity contribution in [2.75, 3.05) is 17.7 Å². The maximum atomic E-state index is 13.7. The van der Waals surface area contributed by atoms with Gasteiger partial charge in [-0.15, -0.1) is 0 Å². The van der Waals surface area contributed by atoms with Gasteiger partial charge in [-0.25, -0.2) is 19.3 Å². The van der Waals surface area contributed by atoms with Gasteiger partial charge < -0.3 is 5.73 Å². The van der Waals surface area contributed by atoms with Crippen molar-refractivity contribution in [1.29, 1.82) is 0 Å². The summed E-state index contributed by atoms with van der Waals surface area (Å²) in [6, 6.07) is 4.85. The first-order valence-electron chi connectivity index (χ1n) is 6.25. The van der Waals surface area contributed by atoms with Crippen LogP contribution in [0, 0.1) is 19.7 Å². The van der Waals surface area contributed by atoms with Crippen molar-refractivity contribution in [3.63, 3.8) is 0 Å². The van der Waals surface area contributed by atoms with E-state index in [4.69, 9.17) is 5.73 Å². The second kappa shape index (κ2) is 6.17. The monoisotopic (exact) mass is 292 g/mol. The molecule has 4 nitrogen and oxygen atoms in total. The first-order chi connectivity index (χ1) is 9.52. The van der Waals surface area contributed by atoms with Crippen LogP contribution in [0.5, 0.6) is 0 Å². The molecule has 1 unspecified atom stereocenters. The van der Waals surface area contributed by atoms with E-state index in [1.807, 2.05) is 26.2 Å². The third kappa shape index (κ3) is 3.07. The number of nitrogens with zero attached hydrogens (tertiary/aromatic N) is 3. The summed E-state index contributed by atoms with van der Waals surface area (Å²) in [4.78, 5) is 12.9. The van der Waals surface area contributed by atoms with Crippen LogP contribution in [0.2, 0.25) is 0 Å². The first kappa shape index (κ1) is 14.7. The van der Waals surface area contributed by atoms with E-state index in [2.05, 4.69) is 15.0 Å². The average molecular weight is 292 g/mol. The Morgan fingerprint density at radius 2 is 1.85 bits per heavy atom. The molecule has 2 rings (SSSR count). The van der Waals surface area contributed by atoms with Gasteiger partial charge in [-0.3, -0.25) is 0 Å². The number of aromatic nitrogens is 3. The quantitative estimate of drug-likeness (QED) is 0.878. The van der Waals surface area contributed by atoms with E-state index in [1.165, 1.54) is 6.07 Å². The lowest BCUT2D eigenvalue weighted by Gasteiger charge is -2.17. The number of halogens is 1. The Labute approximate surface area is 122 Å². The van der Waals surface area contributed by atoms with Crippen LogP contribution in [-0.2, 0) is 0 Å². The van der Waals surface area contributed by atoms with E-state index in [9.17, 15) is 4.39 Å². The summed E-state index contributed by atoms with van der Waals surface area (Å²) >= 11 is 1.65. The summed E-state index contributed by atoms with van der Waals surface area (Å²) in [5.41, 5.74) is 6.77. The van der Waals surface area contributed by atoms with Crippen molar-refractivity contribution in [3.05, 3.63) is 47.1 Å². The summed E-state index contributed by atoms with van der Waals surface area (Å²) in [6.07, 6.45) is 1.99. The van der Waals surface area contributed by atoms with E-state index in [0.29, 0.717) is 17.5 Å². The largest absolute Gasteiger partial charge is 0.396 e. The Balaban J connectivity index is 2.53. The summed E-state index contributed by atoms with van der Waals surface area (Å²) in [6.45, 7) is 3.65. The highest BCUT2D eigenvalue weighted by molar-refractivity contribution is 7.98. The van der Waals surface area contributed by atoms with Gasteiger partial charge in [0.25, 0.3) is 0 Å². The van der Waals surface area contributed by atoms with Gasteiger partial charge >= 0.3 is 0 Å². The van der Waals surface area contributed by atoms with Gasteiger partial charge in [0.2, 0.25) is 0 Å². The van der Waals surface area contributed by atoms with Crippen molar-refractivity contribution in [3.8, 4) is 0 Å². The van der Waals surface area contributed by atoms with Crippen molar-refractivity contribution in [2.45, 2.75) is 19.8 Å². The fraction of sp³-hybridized carbons (Fsp3) is 0.357. The molecule has 1 atom stereocenters. The van der Waals surface area contributed by atoms with Crippen LogP contribution in [0.3, 0.4) is 0 Å². The number of benzene rings is 1. The third-order valence-corrected chi connectivity index (χ3v) is 3.65. The van der Waals surface area contributed by atoms with Gasteiger partial charge in [0, 0.05) is 5.75 Å². The Bertz CT molecular complexity index is 598. The zero-order valence-corrected chi connectivity index (χ0v) is 12.5. The molecule has 0 saturated carbocycles. The van der Waals surface area contributed by atoms with Crippen LogP contribution in [0.25, 0.3) is 0 Å². The smallest absolute Gasteiger partial charge is 0.146 e. The standard InChI is InChI=1S/C14H17FN4S/c1-8-17-9(2)19-14(18-8)11(7-20-3)10-5-4-6-12(15)13(10)16/h4-6,11H,7,16H2,1-3H3. The molecule has 0 aliphatic heterocycles. The topological polar surface area (TPSA) is 64.7 Å². The Morgan fingerprint density at radius 1 is 1.20 bits per heavy atom. The molecule has 0 fully saturated rings. The van der Waals surface area contributed by atoms with Gasteiger partial charge in [-0.1, -0.05) is 12.1 Å². The molecule has 20 heavy (non-hydrogen) atoms.